The minimum absolute atomic E-state index is 0.296. The molecule has 1 aliphatic heterocycles. The molecule has 0 spiro atoms. The third-order valence-electron chi connectivity index (χ3n) is 2.31. The van der Waals surface area contributed by atoms with Crippen molar-refractivity contribution in [1.29, 1.82) is 0 Å². The van der Waals surface area contributed by atoms with Crippen molar-refractivity contribution in [2.45, 2.75) is 24.1 Å². The van der Waals surface area contributed by atoms with Gasteiger partial charge in [-0.2, -0.15) is 11.8 Å². The summed E-state index contributed by atoms with van der Waals surface area (Å²) in [4.78, 5) is 0. The number of rotatable bonds is 5. The Kier molecular flexibility index (Phi) is 5.78. The summed E-state index contributed by atoms with van der Waals surface area (Å²) in [7, 11) is 2.01. The monoisotopic (exact) mass is 205 g/mol. The van der Waals surface area contributed by atoms with Crippen molar-refractivity contribution < 1.29 is 9.84 Å². The van der Waals surface area contributed by atoms with Crippen LogP contribution in [0, 0.1) is 0 Å². The highest BCUT2D eigenvalue weighted by molar-refractivity contribution is 8.00. The first kappa shape index (κ1) is 11.3. The van der Waals surface area contributed by atoms with Crippen LogP contribution in [0.5, 0.6) is 0 Å². The van der Waals surface area contributed by atoms with Crippen LogP contribution in [0.25, 0.3) is 0 Å². The van der Waals surface area contributed by atoms with Gasteiger partial charge in [-0.15, -0.1) is 0 Å². The highest BCUT2D eigenvalue weighted by Crippen LogP contribution is 2.21. The van der Waals surface area contributed by atoms with Gasteiger partial charge in [-0.25, -0.2) is 0 Å². The van der Waals surface area contributed by atoms with E-state index in [-0.39, 0.29) is 0 Å². The number of aliphatic hydroxyl groups excluding tert-OH is 1. The summed E-state index contributed by atoms with van der Waals surface area (Å²) in [6, 6.07) is 0.581. The lowest BCUT2D eigenvalue weighted by Gasteiger charge is -2.30. The average molecular weight is 205 g/mol. The molecule has 4 heteroatoms. The molecular weight excluding hydrogens is 186 g/mol. The Balaban J connectivity index is 2.19. The summed E-state index contributed by atoms with van der Waals surface area (Å²) in [6.07, 6.45) is 1.99. The Bertz CT molecular complexity index is 135. The fourth-order valence-electron chi connectivity index (χ4n) is 1.51. The largest absolute Gasteiger partial charge is 0.396 e. The average Bonchev–Trinajstić information content (AvgIpc) is 2.19. The fourth-order valence-corrected chi connectivity index (χ4v) is 2.80. The third kappa shape index (κ3) is 3.85. The standard InChI is InChI=1S/C9H19NO2S/c1-10-8-3-5-12-7-9(8)13-6-2-4-11/h8-11H,2-7H2,1H3. The minimum Gasteiger partial charge on any atom is -0.396 e. The molecule has 13 heavy (non-hydrogen) atoms. The van der Waals surface area contributed by atoms with Gasteiger partial charge in [0.2, 0.25) is 0 Å². The van der Waals surface area contributed by atoms with Gasteiger partial charge in [0.25, 0.3) is 0 Å². The Morgan fingerprint density at radius 2 is 2.46 bits per heavy atom. The molecule has 0 aromatic heterocycles. The molecule has 1 rings (SSSR count). The summed E-state index contributed by atoms with van der Waals surface area (Å²) < 4.78 is 5.42. The molecule has 0 bridgehead atoms. The van der Waals surface area contributed by atoms with E-state index in [2.05, 4.69) is 5.32 Å². The molecule has 3 nitrogen and oxygen atoms in total. The first-order valence-corrected chi connectivity index (χ1v) is 5.91. The maximum atomic E-state index is 8.66. The van der Waals surface area contributed by atoms with Crippen molar-refractivity contribution in [2.24, 2.45) is 0 Å². The highest BCUT2D eigenvalue weighted by Gasteiger charge is 2.24. The molecule has 2 unspecified atom stereocenters. The van der Waals surface area contributed by atoms with Gasteiger partial charge in [-0.05, 0) is 25.6 Å². The van der Waals surface area contributed by atoms with Gasteiger partial charge in [0.15, 0.2) is 0 Å². The van der Waals surface area contributed by atoms with Crippen LogP contribution in [-0.2, 0) is 4.74 Å². The van der Waals surface area contributed by atoms with E-state index in [1.54, 1.807) is 0 Å². The van der Waals surface area contributed by atoms with E-state index in [4.69, 9.17) is 9.84 Å². The van der Waals surface area contributed by atoms with E-state index in [0.29, 0.717) is 17.9 Å². The summed E-state index contributed by atoms with van der Waals surface area (Å²) in [5.41, 5.74) is 0. The second-order valence-electron chi connectivity index (χ2n) is 3.25. The van der Waals surface area contributed by atoms with Gasteiger partial charge in [0.1, 0.15) is 0 Å². The Morgan fingerprint density at radius 3 is 3.15 bits per heavy atom. The second-order valence-corrected chi connectivity index (χ2v) is 4.59. The lowest BCUT2D eigenvalue weighted by atomic mass is 10.1. The molecule has 1 fully saturated rings. The van der Waals surface area contributed by atoms with Crippen LogP contribution in [0.3, 0.4) is 0 Å². The van der Waals surface area contributed by atoms with Gasteiger partial charge in [-0.3, -0.25) is 0 Å². The summed E-state index contributed by atoms with van der Waals surface area (Å²) in [6.45, 7) is 2.02. The van der Waals surface area contributed by atoms with E-state index in [0.717, 1.165) is 31.8 Å². The molecule has 1 saturated heterocycles. The van der Waals surface area contributed by atoms with Crippen LogP contribution in [0.4, 0.5) is 0 Å². The van der Waals surface area contributed by atoms with Crippen LogP contribution >= 0.6 is 11.8 Å². The summed E-state index contributed by atoms with van der Waals surface area (Å²) in [5, 5.41) is 12.5. The maximum absolute atomic E-state index is 8.66. The second kappa shape index (κ2) is 6.65. The van der Waals surface area contributed by atoms with Gasteiger partial charge in [0.05, 0.1) is 6.61 Å². The Morgan fingerprint density at radius 1 is 1.62 bits per heavy atom. The van der Waals surface area contributed by atoms with Crippen LogP contribution in [0.1, 0.15) is 12.8 Å². The number of hydrogen-bond acceptors (Lipinski definition) is 4. The first-order chi connectivity index (χ1) is 6.38. The highest BCUT2D eigenvalue weighted by atomic mass is 32.2. The number of thioether (sulfide) groups is 1. The van der Waals surface area contributed by atoms with E-state index in [9.17, 15) is 0 Å². The van der Waals surface area contributed by atoms with Crippen LogP contribution in [0.15, 0.2) is 0 Å². The van der Waals surface area contributed by atoms with Crippen molar-refractivity contribution in [3.05, 3.63) is 0 Å². The number of hydrogen-bond donors (Lipinski definition) is 2. The minimum atomic E-state index is 0.296. The summed E-state index contributed by atoms with van der Waals surface area (Å²) in [5.74, 6) is 1.03. The van der Waals surface area contributed by atoms with E-state index in [1.807, 2.05) is 18.8 Å². The Hall–Kier alpha value is 0.230. The zero-order valence-corrected chi connectivity index (χ0v) is 8.98. The molecule has 0 aliphatic carbocycles. The van der Waals surface area contributed by atoms with Gasteiger partial charge >= 0.3 is 0 Å². The van der Waals surface area contributed by atoms with Crippen LogP contribution in [0.2, 0.25) is 0 Å². The molecule has 0 aromatic carbocycles. The van der Waals surface area contributed by atoms with Crippen LogP contribution in [-0.4, -0.2) is 49.0 Å². The quantitative estimate of drug-likeness (QED) is 0.641. The number of ether oxygens (including phenoxy) is 1. The molecule has 2 N–H and O–H groups in total. The maximum Gasteiger partial charge on any atom is 0.0600 e. The lowest BCUT2D eigenvalue weighted by Crippen LogP contribution is -2.43. The van der Waals surface area contributed by atoms with Gasteiger partial charge in [0, 0.05) is 24.5 Å². The summed E-state index contributed by atoms with van der Waals surface area (Å²) >= 11 is 1.91. The topological polar surface area (TPSA) is 41.5 Å². The molecular formula is C9H19NO2S. The molecule has 0 radical (unpaired) electrons. The van der Waals surface area contributed by atoms with E-state index >= 15 is 0 Å². The Labute approximate surface area is 84.2 Å². The SMILES string of the molecule is CNC1CCOCC1SCCCO. The van der Waals surface area contributed by atoms with Crippen molar-refractivity contribution in [3.8, 4) is 0 Å². The number of nitrogens with one attached hydrogen (secondary N) is 1. The normalized spacial score (nSPS) is 29.1. The van der Waals surface area contributed by atoms with E-state index < -0.39 is 0 Å². The molecule has 2 atom stereocenters. The lowest BCUT2D eigenvalue weighted by molar-refractivity contribution is 0.0850. The third-order valence-corrected chi connectivity index (χ3v) is 3.73. The van der Waals surface area contributed by atoms with Crippen molar-refractivity contribution in [3.63, 3.8) is 0 Å². The number of aliphatic hydroxyl groups is 1. The molecule has 0 aromatic rings. The van der Waals surface area contributed by atoms with Gasteiger partial charge < -0.3 is 15.2 Å². The van der Waals surface area contributed by atoms with E-state index in [1.165, 1.54) is 0 Å². The van der Waals surface area contributed by atoms with Crippen molar-refractivity contribution in [2.75, 3.05) is 32.6 Å². The molecule has 0 saturated carbocycles. The molecule has 0 amide bonds. The molecule has 1 aliphatic rings. The predicted molar refractivity (Wildman–Crippen MR) is 56.2 cm³/mol. The molecule has 1 heterocycles. The fraction of sp³-hybridized carbons (Fsp3) is 1.00. The van der Waals surface area contributed by atoms with Gasteiger partial charge in [-0.1, -0.05) is 0 Å². The van der Waals surface area contributed by atoms with Crippen LogP contribution < -0.4 is 5.32 Å². The smallest absolute Gasteiger partial charge is 0.0600 e. The zero-order chi connectivity index (χ0) is 9.52. The zero-order valence-electron chi connectivity index (χ0n) is 8.16. The van der Waals surface area contributed by atoms with Crippen molar-refractivity contribution in [1.82, 2.24) is 5.32 Å². The molecule has 78 valence electrons. The predicted octanol–water partition coefficient (Wildman–Crippen LogP) is 0.479. The van der Waals surface area contributed by atoms with Crippen molar-refractivity contribution >= 4 is 11.8 Å². The first-order valence-electron chi connectivity index (χ1n) is 4.86.